The number of imidazole rings is 1. The third-order valence-electron chi connectivity index (χ3n) is 6.27. The summed E-state index contributed by atoms with van der Waals surface area (Å²) in [6.45, 7) is 9.93. The highest BCUT2D eigenvalue weighted by Gasteiger charge is 2.31. The van der Waals surface area contributed by atoms with E-state index in [0.29, 0.717) is 17.6 Å². The van der Waals surface area contributed by atoms with Crippen LogP contribution in [-0.4, -0.2) is 31.2 Å². The van der Waals surface area contributed by atoms with Crippen LogP contribution in [0.2, 0.25) is 0 Å². The van der Waals surface area contributed by atoms with Gasteiger partial charge in [0.25, 0.3) is 0 Å². The molecule has 8 heteroatoms. The third kappa shape index (κ3) is 4.23. The Labute approximate surface area is 203 Å². The van der Waals surface area contributed by atoms with Crippen LogP contribution in [-0.2, 0) is 11.3 Å². The minimum absolute atomic E-state index is 0.103. The molecule has 3 aromatic heterocycles. The van der Waals surface area contributed by atoms with Crippen molar-refractivity contribution in [3.8, 4) is 11.5 Å². The summed E-state index contributed by atoms with van der Waals surface area (Å²) >= 11 is 0. The summed E-state index contributed by atoms with van der Waals surface area (Å²) in [4.78, 5) is 22.2. The molecule has 1 saturated carbocycles. The Morgan fingerprint density at radius 3 is 2.69 bits per heavy atom. The number of aryl methyl sites for hydroxylation is 1. The van der Waals surface area contributed by atoms with Gasteiger partial charge in [-0.05, 0) is 64.3 Å². The number of carbonyl (C=O) groups is 1. The van der Waals surface area contributed by atoms with Gasteiger partial charge >= 0.3 is 5.97 Å². The Morgan fingerprint density at radius 1 is 1.26 bits per heavy atom. The van der Waals surface area contributed by atoms with E-state index in [9.17, 15) is 4.79 Å². The summed E-state index contributed by atoms with van der Waals surface area (Å²) in [7, 11) is 0. The number of allylic oxidation sites excluding steroid dienone is 1. The molecule has 7 nitrogen and oxygen atoms in total. The molecule has 3 heterocycles. The van der Waals surface area contributed by atoms with E-state index in [1.165, 1.54) is 12.1 Å². The van der Waals surface area contributed by atoms with Crippen molar-refractivity contribution >= 4 is 28.0 Å². The van der Waals surface area contributed by atoms with Gasteiger partial charge < -0.3 is 19.6 Å². The number of pyridine rings is 1. The molecular formula is C27H30FN5O2. The van der Waals surface area contributed by atoms with Gasteiger partial charge in [-0.1, -0.05) is 6.08 Å². The van der Waals surface area contributed by atoms with Crippen LogP contribution < -0.4 is 5.73 Å². The molecule has 0 radical (unpaired) electrons. The van der Waals surface area contributed by atoms with E-state index in [0.717, 1.165) is 47.5 Å². The van der Waals surface area contributed by atoms with E-state index in [1.807, 2.05) is 25.1 Å². The van der Waals surface area contributed by atoms with Crippen LogP contribution in [0.4, 0.5) is 4.39 Å². The number of benzene rings is 1. The highest BCUT2D eigenvalue weighted by molar-refractivity contribution is 5.95. The monoisotopic (exact) mass is 475 g/mol. The second-order valence-corrected chi connectivity index (χ2v) is 9.51. The van der Waals surface area contributed by atoms with E-state index in [2.05, 4.69) is 21.8 Å². The number of aromatic nitrogens is 4. The minimum Gasteiger partial charge on any atom is -0.459 e. The van der Waals surface area contributed by atoms with Crippen LogP contribution >= 0.6 is 0 Å². The number of nitrogens with zero attached hydrogens (tertiary/aromatic N) is 4. The van der Waals surface area contributed by atoms with Crippen LogP contribution in [0.25, 0.3) is 33.6 Å². The number of halogens is 1. The smallest absolute Gasteiger partial charge is 0.341 e. The molecule has 0 aliphatic heterocycles. The maximum Gasteiger partial charge on any atom is 0.341 e. The Hall–Kier alpha value is -3.52. The van der Waals surface area contributed by atoms with Crippen LogP contribution in [0.1, 0.15) is 68.2 Å². The fourth-order valence-corrected chi connectivity index (χ4v) is 4.46. The van der Waals surface area contributed by atoms with Crippen LogP contribution in [0.3, 0.4) is 0 Å². The second-order valence-electron chi connectivity index (χ2n) is 9.51. The molecule has 35 heavy (non-hydrogen) atoms. The standard InChI is InChI=1S/C27H30FN5O2/c1-5-6-11-32-24(12-17-7-10-21(16(4)29)30-25(17)32)26-31-22-13-19(27(34)35-15(2)3)20(28)14-23(22)33(26)18-8-9-18/h5,7,10,12-16,18H,1,6,8-9,11,29H2,2-4H3. The quantitative estimate of drug-likeness (QED) is 0.261. The largest absolute Gasteiger partial charge is 0.459 e. The van der Waals surface area contributed by atoms with E-state index in [4.69, 9.17) is 20.4 Å². The van der Waals surface area contributed by atoms with Crippen LogP contribution in [0, 0.1) is 5.82 Å². The van der Waals surface area contributed by atoms with E-state index in [1.54, 1.807) is 13.8 Å². The summed E-state index contributed by atoms with van der Waals surface area (Å²) in [5.41, 5.74) is 9.77. The summed E-state index contributed by atoms with van der Waals surface area (Å²) in [5, 5.41) is 0.982. The van der Waals surface area contributed by atoms with Crippen LogP contribution in [0.5, 0.6) is 0 Å². The lowest BCUT2D eigenvalue weighted by molar-refractivity contribution is 0.0373. The molecule has 5 rings (SSSR count). The Balaban J connectivity index is 1.72. The highest BCUT2D eigenvalue weighted by Crippen LogP contribution is 2.42. The lowest BCUT2D eigenvalue weighted by atomic mass is 10.2. The first-order valence-electron chi connectivity index (χ1n) is 12.1. The molecule has 4 aromatic rings. The highest BCUT2D eigenvalue weighted by atomic mass is 19.1. The molecule has 1 atom stereocenters. The van der Waals surface area contributed by atoms with E-state index >= 15 is 4.39 Å². The number of esters is 1. The zero-order chi connectivity index (χ0) is 24.9. The van der Waals surface area contributed by atoms with E-state index in [-0.39, 0.29) is 23.8 Å². The van der Waals surface area contributed by atoms with Crippen molar-refractivity contribution in [2.24, 2.45) is 5.73 Å². The summed E-state index contributed by atoms with van der Waals surface area (Å²) in [6.07, 6.45) is 4.28. The molecule has 1 aromatic carbocycles. The summed E-state index contributed by atoms with van der Waals surface area (Å²) in [6, 6.07) is 9.00. The number of nitrogens with two attached hydrogens (primary N) is 1. The molecule has 0 spiro atoms. The predicted octanol–water partition coefficient (Wildman–Crippen LogP) is 5.69. The molecule has 1 aliphatic rings. The van der Waals surface area contributed by atoms with Crippen molar-refractivity contribution in [1.29, 1.82) is 0 Å². The Bertz CT molecular complexity index is 1450. The molecule has 0 saturated heterocycles. The number of ether oxygens (including phenoxy) is 1. The third-order valence-corrected chi connectivity index (χ3v) is 6.27. The summed E-state index contributed by atoms with van der Waals surface area (Å²) in [5.74, 6) is -0.553. The molecule has 1 aliphatic carbocycles. The van der Waals surface area contributed by atoms with Crippen molar-refractivity contribution in [2.45, 2.75) is 64.8 Å². The number of fused-ring (bicyclic) bond motifs is 2. The zero-order valence-corrected chi connectivity index (χ0v) is 20.3. The number of hydrogen-bond donors (Lipinski definition) is 1. The predicted molar refractivity (Wildman–Crippen MR) is 135 cm³/mol. The first-order chi connectivity index (χ1) is 16.8. The van der Waals surface area contributed by atoms with E-state index < -0.39 is 11.8 Å². The lowest BCUT2D eigenvalue weighted by Gasteiger charge is -2.12. The second kappa shape index (κ2) is 8.92. The molecule has 0 amide bonds. The Kier molecular flexibility index (Phi) is 5.92. The Morgan fingerprint density at radius 2 is 2.03 bits per heavy atom. The average Bonchev–Trinajstić information content (AvgIpc) is 3.48. The van der Waals surface area contributed by atoms with Gasteiger partial charge in [-0.2, -0.15) is 0 Å². The molecule has 1 fully saturated rings. The summed E-state index contributed by atoms with van der Waals surface area (Å²) < 4.78 is 24.5. The number of rotatable bonds is 8. The maximum atomic E-state index is 15.0. The van der Waals surface area contributed by atoms with Gasteiger partial charge in [-0.3, -0.25) is 0 Å². The number of hydrogen-bond acceptors (Lipinski definition) is 5. The zero-order valence-electron chi connectivity index (χ0n) is 20.3. The topological polar surface area (TPSA) is 88.0 Å². The van der Waals surface area contributed by atoms with Crippen LogP contribution in [0.15, 0.2) is 43.0 Å². The fourth-order valence-electron chi connectivity index (χ4n) is 4.46. The van der Waals surface area contributed by atoms with Gasteiger partial charge in [-0.15, -0.1) is 6.58 Å². The van der Waals surface area contributed by atoms with Crippen molar-refractivity contribution in [1.82, 2.24) is 19.1 Å². The van der Waals surface area contributed by atoms with Crippen molar-refractivity contribution in [3.05, 3.63) is 60.1 Å². The molecule has 1 unspecified atom stereocenters. The molecule has 0 bridgehead atoms. The number of carbonyl (C=O) groups excluding carboxylic acids is 1. The van der Waals surface area contributed by atoms with Gasteiger partial charge in [0.15, 0.2) is 5.82 Å². The van der Waals surface area contributed by atoms with Crippen molar-refractivity contribution in [3.63, 3.8) is 0 Å². The average molecular weight is 476 g/mol. The normalized spacial score (nSPS) is 14.7. The van der Waals surface area contributed by atoms with Crippen molar-refractivity contribution in [2.75, 3.05) is 0 Å². The van der Waals surface area contributed by atoms with Crippen molar-refractivity contribution < 1.29 is 13.9 Å². The molecular weight excluding hydrogens is 445 g/mol. The molecule has 2 N–H and O–H groups in total. The van der Waals surface area contributed by atoms with Gasteiger partial charge in [0.2, 0.25) is 0 Å². The first kappa shape index (κ1) is 23.2. The fraction of sp³-hybridized carbons (Fsp3) is 0.370. The van der Waals surface area contributed by atoms with Gasteiger partial charge in [0.05, 0.1) is 34.1 Å². The maximum absolute atomic E-state index is 15.0. The minimum atomic E-state index is -0.686. The van der Waals surface area contributed by atoms with Gasteiger partial charge in [0, 0.05) is 30.1 Å². The van der Waals surface area contributed by atoms with Gasteiger partial charge in [0.1, 0.15) is 11.5 Å². The first-order valence-corrected chi connectivity index (χ1v) is 12.1. The van der Waals surface area contributed by atoms with Gasteiger partial charge in [-0.25, -0.2) is 19.2 Å². The molecule has 182 valence electrons. The lowest BCUT2D eigenvalue weighted by Crippen LogP contribution is -2.13. The SMILES string of the molecule is C=CCCn1c(-c2nc3cc(C(=O)OC(C)C)c(F)cc3n2C2CC2)cc2ccc(C(C)N)nc21.